The first-order chi connectivity index (χ1) is 28.6. The molecular formula is C52H39N5O. The molecule has 0 saturated carbocycles. The Balaban J connectivity index is 1.02. The normalized spacial score (nSPS) is 11.3. The van der Waals surface area contributed by atoms with Crippen LogP contribution in [0.25, 0.3) is 50.1 Å². The summed E-state index contributed by atoms with van der Waals surface area (Å²) < 4.78 is 8.95. The fraction of sp³-hybridized carbons (Fsp3) is 0.0385. The first-order valence-corrected chi connectivity index (χ1v) is 19.5. The highest BCUT2D eigenvalue weighted by molar-refractivity contribution is 6.00. The SMILES string of the molecule is Cc1ccccc1N(c1ccc(-c2cc3cc4c(cc(-c5ccc(N(c6ccccn6)c6ccccc6C)cc5)n4-c4ccccc4)cc3o2)cc1)c1ccccn1. The van der Waals surface area contributed by atoms with E-state index in [4.69, 9.17) is 14.4 Å². The van der Waals surface area contributed by atoms with Gasteiger partial charge in [0.2, 0.25) is 0 Å². The van der Waals surface area contributed by atoms with Gasteiger partial charge in [0.1, 0.15) is 23.0 Å². The van der Waals surface area contributed by atoms with Crippen molar-refractivity contribution >= 4 is 56.3 Å². The average Bonchev–Trinajstić information content (AvgIpc) is 3.87. The number of anilines is 6. The minimum absolute atomic E-state index is 0.822. The molecule has 0 radical (unpaired) electrons. The van der Waals surface area contributed by atoms with Crippen LogP contribution < -0.4 is 9.80 Å². The second kappa shape index (κ2) is 14.8. The van der Waals surface area contributed by atoms with Crippen LogP contribution in [0.4, 0.5) is 34.4 Å². The van der Waals surface area contributed by atoms with E-state index in [1.54, 1.807) is 0 Å². The molecule has 4 heterocycles. The van der Waals surface area contributed by atoms with Gasteiger partial charge in [0, 0.05) is 45.8 Å². The predicted octanol–water partition coefficient (Wildman–Crippen LogP) is 14.1. The lowest BCUT2D eigenvalue weighted by Crippen LogP contribution is -2.12. The van der Waals surface area contributed by atoms with Gasteiger partial charge in [-0.05, 0) is 140 Å². The van der Waals surface area contributed by atoms with Crippen molar-refractivity contribution in [3.63, 3.8) is 0 Å². The molecule has 0 bridgehead atoms. The van der Waals surface area contributed by atoms with E-state index >= 15 is 0 Å². The zero-order chi connectivity index (χ0) is 39.0. The number of furan rings is 1. The van der Waals surface area contributed by atoms with Gasteiger partial charge in [-0.2, -0.15) is 0 Å². The van der Waals surface area contributed by atoms with Crippen molar-refractivity contribution in [2.24, 2.45) is 0 Å². The second-order valence-corrected chi connectivity index (χ2v) is 14.5. The largest absolute Gasteiger partial charge is 0.456 e. The number of benzene rings is 6. The maximum atomic E-state index is 6.60. The minimum atomic E-state index is 0.822. The van der Waals surface area contributed by atoms with Crippen LogP contribution in [0.15, 0.2) is 205 Å². The fourth-order valence-electron chi connectivity index (χ4n) is 7.90. The number of para-hydroxylation sites is 3. The first-order valence-electron chi connectivity index (χ1n) is 19.5. The van der Waals surface area contributed by atoms with Crippen molar-refractivity contribution in [3.05, 3.63) is 212 Å². The molecule has 0 aliphatic carbocycles. The first kappa shape index (κ1) is 34.8. The van der Waals surface area contributed by atoms with E-state index in [0.29, 0.717) is 0 Å². The molecule has 0 aliphatic rings. The molecule has 10 rings (SSSR count). The zero-order valence-electron chi connectivity index (χ0n) is 32.2. The number of nitrogens with zero attached hydrogens (tertiary/aromatic N) is 5. The monoisotopic (exact) mass is 749 g/mol. The van der Waals surface area contributed by atoms with Crippen LogP contribution in [0.2, 0.25) is 0 Å². The Bertz CT molecular complexity index is 3010. The summed E-state index contributed by atoms with van der Waals surface area (Å²) in [6.45, 7) is 4.27. The Morgan fingerprint density at radius 3 is 1.55 bits per heavy atom. The molecule has 0 amide bonds. The summed E-state index contributed by atoms with van der Waals surface area (Å²) in [5.74, 6) is 2.56. The van der Waals surface area contributed by atoms with Gasteiger partial charge in [-0.15, -0.1) is 0 Å². The van der Waals surface area contributed by atoms with Crippen LogP contribution in [0.1, 0.15) is 11.1 Å². The van der Waals surface area contributed by atoms with Gasteiger partial charge in [-0.1, -0.05) is 78.9 Å². The van der Waals surface area contributed by atoms with E-state index in [1.807, 2.05) is 48.8 Å². The Kier molecular flexibility index (Phi) is 8.84. The number of aryl methyl sites for hydroxylation is 2. The summed E-state index contributed by atoms with van der Waals surface area (Å²) in [4.78, 5) is 13.8. The minimum Gasteiger partial charge on any atom is -0.456 e. The van der Waals surface area contributed by atoms with E-state index in [0.717, 1.165) is 84.5 Å². The molecule has 0 saturated heterocycles. The maximum Gasteiger partial charge on any atom is 0.137 e. The van der Waals surface area contributed by atoms with Gasteiger partial charge in [0.15, 0.2) is 0 Å². The molecule has 6 nitrogen and oxygen atoms in total. The maximum absolute atomic E-state index is 6.60. The van der Waals surface area contributed by atoms with Crippen LogP contribution in [0.3, 0.4) is 0 Å². The summed E-state index contributed by atoms with van der Waals surface area (Å²) >= 11 is 0. The van der Waals surface area contributed by atoms with Crippen molar-refractivity contribution in [1.82, 2.24) is 14.5 Å². The topological polar surface area (TPSA) is 50.3 Å². The van der Waals surface area contributed by atoms with Crippen LogP contribution in [0.5, 0.6) is 0 Å². The summed E-state index contributed by atoms with van der Waals surface area (Å²) in [5, 5.41) is 2.15. The number of hydrogen-bond donors (Lipinski definition) is 0. The Morgan fingerprint density at radius 2 is 1.00 bits per heavy atom. The Labute approximate surface area is 337 Å². The summed E-state index contributed by atoms with van der Waals surface area (Å²) in [5.41, 5.74) is 12.9. The van der Waals surface area contributed by atoms with E-state index in [9.17, 15) is 0 Å². The molecule has 4 aromatic heterocycles. The smallest absolute Gasteiger partial charge is 0.137 e. The van der Waals surface area contributed by atoms with Crippen molar-refractivity contribution in [2.45, 2.75) is 13.8 Å². The lowest BCUT2D eigenvalue weighted by atomic mass is 10.1. The van der Waals surface area contributed by atoms with E-state index < -0.39 is 0 Å². The number of pyridine rings is 2. The van der Waals surface area contributed by atoms with Crippen LogP contribution in [0, 0.1) is 13.8 Å². The molecular weight excluding hydrogens is 711 g/mol. The molecule has 0 atom stereocenters. The van der Waals surface area contributed by atoms with E-state index in [2.05, 4.69) is 180 Å². The number of aromatic nitrogens is 3. The van der Waals surface area contributed by atoms with Crippen LogP contribution >= 0.6 is 0 Å². The van der Waals surface area contributed by atoms with Crippen LogP contribution in [-0.2, 0) is 0 Å². The summed E-state index contributed by atoms with van der Waals surface area (Å²) in [7, 11) is 0. The lowest BCUT2D eigenvalue weighted by molar-refractivity contribution is 0.632. The van der Waals surface area contributed by atoms with Crippen molar-refractivity contribution < 1.29 is 4.42 Å². The fourth-order valence-corrected chi connectivity index (χ4v) is 7.90. The molecule has 6 heteroatoms. The number of hydrogen-bond acceptors (Lipinski definition) is 5. The molecule has 6 aromatic carbocycles. The summed E-state index contributed by atoms with van der Waals surface area (Å²) in [6, 6.07) is 65.5. The molecule has 58 heavy (non-hydrogen) atoms. The highest BCUT2D eigenvalue weighted by atomic mass is 16.3. The number of rotatable bonds is 9. The Morgan fingerprint density at radius 1 is 0.466 bits per heavy atom. The lowest BCUT2D eigenvalue weighted by Gasteiger charge is -2.26. The standard InChI is InChI=1S/C52H39N5O/c1-36-14-6-8-18-45(36)56(51-20-10-12-30-53-51)43-26-22-38(23-27-43)47-32-40-34-50-41(33-48(40)55(47)42-16-4-3-5-17-42)35-49(58-50)39-24-28-44(29-25-39)57(52-21-11-13-31-54-52)46-19-9-7-15-37(46)2/h3-35H,1-2H3. The van der Waals surface area contributed by atoms with Crippen molar-refractivity contribution in [1.29, 1.82) is 0 Å². The number of fused-ring (bicyclic) bond motifs is 2. The highest BCUT2D eigenvalue weighted by Gasteiger charge is 2.20. The highest BCUT2D eigenvalue weighted by Crippen LogP contribution is 2.41. The molecule has 0 unspecified atom stereocenters. The Hall–Kier alpha value is -7.70. The van der Waals surface area contributed by atoms with Crippen molar-refractivity contribution in [2.75, 3.05) is 9.80 Å². The quantitative estimate of drug-likeness (QED) is 0.147. The van der Waals surface area contributed by atoms with Crippen LogP contribution in [-0.4, -0.2) is 14.5 Å². The average molecular weight is 750 g/mol. The van der Waals surface area contributed by atoms with Gasteiger partial charge < -0.3 is 8.98 Å². The van der Waals surface area contributed by atoms with E-state index in [-0.39, 0.29) is 0 Å². The van der Waals surface area contributed by atoms with Gasteiger partial charge in [-0.25, -0.2) is 9.97 Å². The zero-order valence-corrected chi connectivity index (χ0v) is 32.2. The van der Waals surface area contributed by atoms with E-state index in [1.165, 1.54) is 11.1 Å². The van der Waals surface area contributed by atoms with Gasteiger partial charge in [-0.3, -0.25) is 9.80 Å². The molecule has 0 aliphatic heterocycles. The van der Waals surface area contributed by atoms with Gasteiger partial charge in [0.05, 0.1) is 22.6 Å². The second-order valence-electron chi connectivity index (χ2n) is 14.5. The molecule has 278 valence electrons. The third-order valence-electron chi connectivity index (χ3n) is 10.8. The molecule has 0 N–H and O–H groups in total. The third kappa shape index (κ3) is 6.36. The third-order valence-corrected chi connectivity index (χ3v) is 10.8. The molecule has 10 aromatic rings. The van der Waals surface area contributed by atoms with Gasteiger partial charge in [0.25, 0.3) is 0 Å². The predicted molar refractivity (Wildman–Crippen MR) is 238 cm³/mol. The molecule has 0 fully saturated rings. The van der Waals surface area contributed by atoms with Gasteiger partial charge >= 0.3 is 0 Å². The molecule has 0 spiro atoms. The van der Waals surface area contributed by atoms with Crippen molar-refractivity contribution in [3.8, 4) is 28.3 Å². The summed E-state index contributed by atoms with van der Waals surface area (Å²) in [6.07, 6.45) is 3.67.